The number of ether oxygens (including phenoxy) is 2. The predicted octanol–water partition coefficient (Wildman–Crippen LogP) is 4.99. The molecular weight excluding hydrogens is 418 g/mol. The lowest BCUT2D eigenvalue weighted by molar-refractivity contribution is -0.143. The molecule has 0 atom stereocenters. The molecule has 3 aromatic rings. The summed E-state index contributed by atoms with van der Waals surface area (Å²) < 4.78 is 64.2. The SMILES string of the molecule is CCC(=O)OCCn1nnc2ccc(Oc3c(F)cc(C(F)(F)F)cc3Cl)cc21. The molecule has 154 valence electrons. The molecule has 0 saturated carbocycles. The number of carbonyl (C=O) groups is 1. The molecule has 3 rings (SSSR count). The van der Waals surface area contributed by atoms with Gasteiger partial charge in [0, 0.05) is 12.5 Å². The Bertz CT molecular complexity index is 1030. The summed E-state index contributed by atoms with van der Waals surface area (Å²) in [7, 11) is 0. The quantitative estimate of drug-likeness (QED) is 0.406. The van der Waals surface area contributed by atoms with Crippen molar-refractivity contribution in [3.8, 4) is 11.5 Å². The Morgan fingerprint density at radius 1 is 1.24 bits per heavy atom. The largest absolute Gasteiger partial charge is 0.464 e. The van der Waals surface area contributed by atoms with Crippen LogP contribution in [0.1, 0.15) is 18.9 Å². The van der Waals surface area contributed by atoms with Crippen LogP contribution < -0.4 is 4.74 Å². The zero-order valence-electron chi connectivity index (χ0n) is 15.0. The number of hydrogen-bond acceptors (Lipinski definition) is 5. The summed E-state index contributed by atoms with van der Waals surface area (Å²) in [5.41, 5.74) is -0.219. The molecular formula is C18H14ClF4N3O3. The van der Waals surface area contributed by atoms with Crippen molar-refractivity contribution in [2.24, 2.45) is 0 Å². The molecule has 0 N–H and O–H groups in total. The summed E-state index contributed by atoms with van der Waals surface area (Å²) in [4.78, 5) is 11.2. The fourth-order valence-corrected chi connectivity index (χ4v) is 2.71. The van der Waals surface area contributed by atoms with Crippen molar-refractivity contribution in [3.63, 3.8) is 0 Å². The number of benzene rings is 2. The minimum absolute atomic E-state index is 0.0789. The normalized spacial score (nSPS) is 11.7. The van der Waals surface area contributed by atoms with Crippen molar-refractivity contribution >= 4 is 28.6 Å². The number of hydrogen-bond donors (Lipinski definition) is 0. The average molecular weight is 432 g/mol. The van der Waals surface area contributed by atoms with Crippen molar-refractivity contribution < 1.29 is 31.8 Å². The summed E-state index contributed by atoms with van der Waals surface area (Å²) in [5.74, 6) is -2.02. The monoisotopic (exact) mass is 431 g/mol. The molecule has 0 saturated heterocycles. The van der Waals surface area contributed by atoms with Gasteiger partial charge >= 0.3 is 12.1 Å². The van der Waals surface area contributed by atoms with Crippen LogP contribution in [0.2, 0.25) is 5.02 Å². The molecule has 0 unspecified atom stereocenters. The Morgan fingerprint density at radius 3 is 2.66 bits per heavy atom. The van der Waals surface area contributed by atoms with Gasteiger partial charge in [-0.3, -0.25) is 4.79 Å². The Balaban J connectivity index is 1.84. The van der Waals surface area contributed by atoms with E-state index in [1.54, 1.807) is 13.0 Å². The van der Waals surface area contributed by atoms with Crippen molar-refractivity contribution in [3.05, 3.63) is 46.7 Å². The third-order valence-corrected chi connectivity index (χ3v) is 4.17. The molecule has 0 amide bonds. The number of rotatable bonds is 6. The van der Waals surface area contributed by atoms with Gasteiger partial charge in [0.1, 0.15) is 17.9 Å². The van der Waals surface area contributed by atoms with Crippen molar-refractivity contribution in [2.75, 3.05) is 6.61 Å². The lowest BCUT2D eigenvalue weighted by Gasteiger charge is -2.12. The zero-order valence-corrected chi connectivity index (χ0v) is 15.7. The number of nitrogens with zero attached hydrogens (tertiary/aromatic N) is 3. The number of aromatic nitrogens is 3. The topological polar surface area (TPSA) is 66.2 Å². The molecule has 6 nitrogen and oxygen atoms in total. The predicted molar refractivity (Wildman–Crippen MR) is 95.3 cm³/mol. The van der Waals surface area contributed by atoms with Crippen LogP contribution in [0.5, 0.6) is 11.5 Å². The number of halogens is 5. The molecule has 29 heavy (non-hydrogen) atoms. The molecule has 11 heteroatoms. The van der Waals surface area contributed by atoms with Gasteiger partial charge in [-0.1, -0.05) is 23.7 Å². The maximum absolute atomic E-state index is 14.1. The molecule has 2 aromatic carbocycles. The van der Waals surface area contributed by atoms with Crippen LogP contribution in [0.15, 0.2) is 30.3 Å². The molecule has 0 aliphatic heterocycles. The lowest BCUT2D eigenvalue weighted by Crippen LogP contribution is -2.11. The first-order valence-corrected chi connectivity index (χ1v) is 8.79. The summed E-state index contributed by atoms with van der Waals surface area (Å²) in [5, 5.41) is 7.37. The van der Waals surface area contributed by atoms with Crippen molar-refractivity contribution in [1.29, 1.82) is 0 Å². The minimum atomic E-state index is -4.73. The van der Waals surface area contributed by atoms with Gasteiger partial charge in [0.2, 0.25) is 0 Å². The maximum Gasteiger partial charge on any atom is 0.416 e. The lowest BCUT2D eigenvalue weighted by atomic mass is 10.2. The van der Waals surface area contributed by atoms with Crippen LogP contribution >= 0.6 is 11.6 Å². The number of esters is 1. The van der Waals surface area contributed by atoms with E-state index < -0.39 is 28.3 Å². The second-order valence-corrected chi connectivity index (χ2v) is 6.31. The molecule has 0 radical (unpaired) electrons. The molecule has 0 fully saturated rings. The fourth-order valence-electron chi connectivity index (χ4n) is 2.46. The summed E-state index contributed by atoms with van der Waals surface area (Å²) in [6.07, 6.45) is -4.49. The van der Waals surface area contributed by atoms with Crippen LogP contribution in [0.4, 0.5) is 17.6 Å². The average Bonchev–Trinajstić information content (AvgIpc) is 3.06. The van der Waals surface area contributed by atoms with E-state index in [4.69, 9.17) is 21.1 Å². The van der Waals surface area contributed by atoms with E-state index in [0.29, 0.717) is 23.2 Å². The van der Waals surface area contributed by atoms with E-state index in [-0.39, 0.29) is 31.3 Å². The van der Waals surface area contributed by atoms with E-state index in [1.165, 1.54) is 16.8 Å². The Hall–Kier alpha value is -2.88. The van der Waals surface area contributed by atoms with E-state index in [2.05, 4.69) is 10.3 Å². The molecule has 0 spiro atoms. The highest BCUT2D eigenvalue weighted by Gasteiger charge is 2.32. The Morgan fingerprint density at radius 2 is 2.00 bits per heavy atom. The third-order valence-electron chi connectivity index (χ3n) is 3.89. The van der Waals surface area contributed by atoms with Gasteiger partial charge in [0.15, 0.2) is 11.6 Å². The van der Waals surface area contributed by atoms with Gasteiger partial charge in [-0.15, -0.1) is 5.10 Å². The summed E-state index contributed by atoms with van der Waals surface area (Å²) in [6, 6.07) is 5.37. The summed E-state index contributed by atoms with van der Waals surface area (Å²) in [6.45, 7) is 1.97. The van der Waals surface area contributed by atoms with E-state index >= 15 is 0 Å². The van der Waals surface area contributed by atoms with Crippen LogP contribution in [0.25, 0.3) is 11.0 Å². The smallest absolute Gasteiger partial charge is 0.416 e. The second-order valence-electron chi connectivity index (χ2n) is 5.91. The van der Waals surface area contributed by atoms with Gasteiger partial charge in [-0.25, -0.2) is 9.07 Å². The van der Waals surface area contributed by atoms with Gasteiger partial charge in [-0.05, 0) is 24.3 Å². The van der Waals surface area contributed by atoms with Crippen LogP contribution in [0, 0.1) is 5.82 Å². The molecule has 0 aliphatic rings. The van der Waals surface area contributed by atoms with E-state index in [0.717, 1.165) is 0 Å². The van der Waals surface area contributed by atoms with E-state index in [9.17, 15) is 22.4 Å². The summed E-state index contributed by atoms with van der Waals surface area (Å²) >= 11 is 5.79. The number of fused-ring (bicyclic) bond motifs is 1. The molecule has 0 aliphatic carbocycles. The highest BCUT2D eigenvalue weighted by molar-refractivity contribution is 6.32. The second kappa shape index (κ2) is 8.24. The van der Waals surface area contributed by atoms with Gasteiger partial charge < -0.3 is 9.47 Å². The van der Waals surface area contributed by atoms with Gasteiger partial charge in [0.05, 0.1) is 22.6 Å². The first-order valence-electron chi connectivity index (χ1n) is 8.42. The minimum Gasteiger partial charge on any atom is -0.464 e. The third kappa shape index (κ3) is 4.76. The van der Waals surface area contributed by atoms with Crippen molar-refractivity contribution in [2.45, 2.75) is 26.1 Å². The number of alkyl halides is 3. The first kappa shape index (κ1) is 20.8. The van der Waals surface area contributed by atoms with Crippen molar-refractivity contribution in [1.82, 2.24) is 15.0 Å². The van der Waals surface area contributed by atoms with Crippen LogP contribution in [0.3, 0.4) is 0 Å². The standard InChI is InChI=1S/C18H14ClF4N3O3/c1-2-16(27)28-6-5-26-15-9-11(3-4-14(15)24-25-26)29-17-12(19)7-10(8-13(17)20)18(21,22)23/h3-4,7-9H,2,5-6H2,1H3. The fraction of sp³-hybridized carbons (Fsp3) is 0.278. The molecule has 1 heterocycles. The van der Waals surface area contributed by atoms with E-state index in [1.807, 2.05) is 0 Å². The van der Waals surface area contributed by atoms with Gasteiger partial charge in [0.25, 0.3) is 0 Å². The zero-order chi connectivity index (χ0) is 21.2. The molecule has 1 aromatic heterocycles. The molecule has 0 bridgehead atoms. The van der Waals surface area contributed by atoms with Crippen LogP contribution in [-0.4, -0.2) is 27.6 Å². The first-order chi connectivity index (χ1) is 13.7. The maximum atomic E-state index is 14.1. The number of carbonyl (C=O) groups excluding carboxylic acids is 1. The Labute approximate surface area is 167 Å². The Kier molecular flexibility index (Phi) is 5.92. The van der Waals surface area contributed by atoms with Crippen LogP contribution in [-0.2, 0) is 22.3 Å². The highest BCUT2D eigenvalue weighted by atomic mass is 35.5. The highest BCUT2D eigenvalue weighted by Crippen LogP contribution is 2.38. The van der Waals surface area contributed by atoms with Gasteiger partial charge in [-0.2, -0.15) is 13.2 Å².